The third kappa shape index (κ3) is 3.73. The predicted octanol–water partition coefficient (Wildman–Crippen LogP) is 5.55. The lowest BCUT2D eigenvalue weighted by molar-refractivity contribution is 0.269. The van der Waals surface area contributed by atoms with Gasteiger partial charge < -0.3 is 18.4 Å². The molecule has 2 aromatic heterocycles. The van der Waals surface area contributed by atoms with E-state index in [4.69, 9.17) is 30.0 Å². The van der Waals surface area contributed by atoms with Crippen LogP contribution in [0.4, 0.5) is 0 Å². The number of aryl methyl sites for hydroxylation is 1. The Morgan fingerprint density at radius 1 is 1.04 bits per heavy atom. The molecule has 0 saturated heterocycles. The maximum Gasteiger partial charge on any atom is 0.293 e. The van der Waals surface area contributed by atoms with E-state index in [0.29, 0.717) is 40.3 Å². The number of rotatable bonds is 6. The fourth-order valence-electron chi connectivity index (χ4n) is 2.73. The number of para-hydroxylation sites is 1. The van der Waals surface area contributed by atoms with Crippen LogP contribution >= 0.6 is 11.6 Å². The van der Waals surface area contributed by atoms with Gasteiger partial charge in [-0.2, -0.15) is 4.98 Å². The van der Waals surface area contributed by atoms with Gasteiger partial charge in [0.15, 0.2) is 5.76 Å². The summed E-state index contributed by atoms with van der Waals surface area (Å²) in [5.41, 5.74) is 1.70. The second-order valence-electron chi connectivity index (χ2n) is 6.09. The van der Waals surface area contributed by atoms with Crippen LogP contribution in [0.25, 0.3) is 23.0 Å². The normalized spacial score (nSPS) is 10.8. The van der Waals surface area contributed by atoms with Crippen molar-refractivity contribution in [1.82, 2.24) is 10.1 Å². The minimum absolute atomic E-state index is 0.263. The van der Waals surface area contributed by atoms with E-state index in [0.717, 1.165) is 11.3 Å². The van der Waals surface area contributed by atoms with Crippen molar-refractivity contribution in [3.63, 3.8) is 0 Å². The highest BCUT2D eigenvalue weighted by Gasteiger charge is 2.17. The van der Waals surface area contributed by atoms with E-state index in [2.05, 4.69) is 10.1 Å². The standard InChI is InChI=1S/C21H17ClN2O4/c1-13-5-3-4-6-17(13)26-12-15-8-10-19(27-15)21-23-20(24-28-21)16-11-14(22)7-9-18(16)25-2/h3-11H,12H2,1-2H3. The van der Waals surface area contributed by atoms with Gasteiger partial charge in [-0.05, 0) is 48.9 Å². The van der Waals surface area contributed by atoms with Gasteiger partial charge in [0.2, 0.25) is 5.82 Å². The summed E-state index contributed by atoms with van der Waals surface area (Å²) in [7, 11) is 1.57. The molecule has 0 radical (unpaired) electrons. The van der Waals surface area contributed by atoms with Gasteiger partial charge in [-0.15, -0.1) is 0 Å². The Morgan fingerprint density at radius 3 is 2.71 bits per heavy atom. The average molecular weight is 397 g/mol. The van der Waals surface area contributed by atoms with Crippen LogP contribution in [0.1, 0.15) is 11.3 Å². The summed E-state index contributed by atoms with van der Waals surface area (Å²) < 4.78 is 22.3. The topological polar surface area (TPSA) is 70.5 Å². The SMILES string of the molecule is COc1ccc(Cl)cc1-c1noc(-c2ccc(COc3ccccc3C)o2)n1. The maximum absolute atomic E-state index is 6.07. The van der Waals surface area contributed by atoms with Gasteiger partial charge in [-0.25, -0.2) is 0 Å². The molecule has 0 aliphatic heterocycles. The Hall–Kier alpha value is -3.25. The Morgan fingerprint density at radius 2 is 1.89 bits per heavy atom. The minimum atomic E-state index is 0.263. The molecule has 0 fully saturated rings. The fraction of sp³-hybridized carbons (Fsp3) is 0.143. The van der Waals surface area contributed by atoms with Crippen molar-refractivity contribution in [2.24, 2.45) is 0 Å². The highest BCUT2D eigenvalue weighted by Crippen LogP contribution is 2.32. The highest BCUT2D eigenvalue weighted by molar-refractivity contribution is 6.30. The van der Waals surface area contributed by atoms with Crippen LogP contribution in [0.5, 0.6) is 11.5 Å². The van der Waals surface area contributed by atoms with E-state index in [1.54, 1.807) is 31.4 Å². The number of nitrogens with zero attached hydrogens (tertiary/aromatic N) is 2. The minimum Gasteiger partial charge on any atom is -0.496 e. The van der Waals surface area contributed by atoms with Crippen molar-refractivity contribution in [3.8, 4) is 34.5 Å². The number of ether oxygens (including phenoxy) is 2. The second kappa shape index (κ2) is 7.78. The number of hydrogen-bond acceptors (Lipinski definition) is 6. The molecule has 0 spiro atoms. The van der Waals surface area contributed by atoms with Crippen LogP contribution < -0.4 is 9.47 Å². The highest BCUT2D eigenvalue weighted by atomic mass is 35.5. The van der Waals surface area contributed by atoms with Crippen molar-refractivity contribution in [2.75, 3.05) is 7.11 Å². The molecule has 0 unspecified atom stereocenters. The van der Waals surface area contributed by atoms with E-state index >= 15 is 0 Å². The van der Waals surface area contributed by atoms with Gasteiger partial charge >= 0.3 is 0 Å². The lowest BCUT2D eigenvalue weighted by Gasteiger charge is -2.06. The van der Waals surface area contributed by atoms with Gasteiger partial charge in [0.05, 0.1) is 12.7 Å². The van der Waals surface area contributed by atoms with Crippen molar-refractivity contribution in [3.05, 3.63) is 70.9 Å². The lowest BCUT2D eigenvalue weighted by atomic mass is 10.2. The van der Waals surface area contributed by atoms with Crippen molar-refractivity contribution >= 4 is 11.6 Å². The molecule has 0 amide bonds. The summed E-state index contributed by atoms with van der Waals surface area (Å²) in [6.45, 7) is 2.29. The maximum atomic E-state index is 6.07. The molecule has 7 heteroatoms. The molecule has 0 bridgehead atoms. The summed E-state index contributed by atoms with van der Waals surface area (Å²) in [5.74, 6) is 3.15. The first-order valence-corrected chi connectivity index (χ1v) is 8.97. The zero-order valence-electron chi connectivity index (χ0n) is 15.3. The van der Waals surface area contributed by atoms with Crippen LogP contribution in [0.2, 0.25) is 5.02 Å². The number of halogens is 1. The quantitative estimate of drug-likeness (QED) is 0.425. The summed E-state index contributed by atoms with van der Waals surface area (Å²) in [6, 6.07) is 16.6. The van der Waals surface area contributed by atoms with Crippen molar-refractivity contribution in [2.45, 2.75) is 13.5 Å². The molecule has 0 aliphatic rings. The largest absolute Gasteiger partial charge is 0.496 e. The Labute approximate surface area is 166 Å². The number of benzene rings is 2. The van der Waals surface area contributed by atoms with E-state index < -0.39 is 0 Å². The van der Waals surface area contributed by atoms with Gasteiger partial charge in [0, 0.05) is 5.02 Å². The molecule has 142 valence electrons. The lowest BCUT2D eigenvalue weighted by Crippen LogP contribution is -1.95. The molecular formula is C21H17ClN2O4. The number of aromatic nitrogens is 2. The van der Waals surface area contributed by atoms with Crippen LogP contribution in [-0.4, -0.2) is 17.3 Å². The first-order valence-electron chi connectivity index (χ1n) is 8.59. The van der Waals surface area contributed by atoms with Gasteiger partial charge in [-0.3, -0.25) is 0 Å². The summed E-state index contributed by atoms with van der Waals surface area (Å²) in [4.78, 5) is 4.40. The van der Waals surface area contributed by atoms with Crippen molar-refractivity contribution in [1.29, 1.82) is 0 Å². The molecule has 0 aliphatic carbocycles. The van der Waals surface area contributed by atoms with E-state index in [-0.39, 0.29) is 5.89 Å². The molecule has 0 atom stereocenters. The average Bonchev–Trinajstić information content (AvgIpc) is 3.37. The van der Waals surface area contributed by atoms with Crippen LogP contribution in [-0.2, 0) is 6.61 Å². The predicted molar refractivity (Wildman–Crippen MR) is 105 cm³/mol. The summed E-state index contributed by atoms with van der Waals surface area (Å²) >= 11 is 6.07. The number of methoxy groups -OCH3 is 1. The molecule has 2 aromatic carbocycles. The van der Waals surface area contributed by atoms with Crippen LogP contribution in [0.15, 0.2) is 63.5 Å². The second-order valence-corrected chi connectivity index (χ2v) is 6.52. The number of hydrogen-bond donors (Lipinski definition) is 0. The van der Waals surface area contributed by atoms with Gasteiger partial charge in [-0.1, -0.05) is 35.0 Å². The van der Waals surface area contributed by atoms with Crippen molar-refractivity contribution < 1.29 is 18.4 Å². The summed E-state index contributed by atoms with van der Waals surface area (Å²) in [5, 5.41) is 4.56. The molecule has 4 aromatic rings. The molecule has 28 heavy (non-hydrogen) atoms. The zero-order chi connectivity index (χ0) is 19.5. The number of furan rings is 1. The Kier molecular flexibility index (Phi) is 5.04. The van der Waals surface area contributed by atoms with Gasteiger partial charge in [0.25, 0.3) is 5.89 Å². The molecule has 2 heterocycles. The molecular weight excluding hydrogens is 380 g/mol. The first-order chi connectivity index (χ1) is 13.6. The van der Waals surface area contributed by atoms with Gasteiger partial charge in [0.1, 0.15) is 23.9 Å². The third-order valence-electron chi connectivity index (χ3n) is 4.16. The molecule has 4 rings (SSSR count). The van der Waals surface area contributed by atoms with E-state index in [1.807, 2.05) is 37.3 Å². The smallest absolute Gasteiger partial charge is 0.293 e. The van der Waals surface area contributed by atoms with Crippen LogP contribution in [0, 0.1) is 6.92 Å². The Bertz CT molecular complexity index is 1100. The molecule has 0 saturated carbocycles. The summed E-state index contributed by atoms with van der Waals surface area (Å²) in [6.07, 6.45) is 0. The fourth-order valence-corrected chi connectivity index (χ4v) is 2.90. The molecule has 0 N–H and O–H groups in total. The van der Waals surface area contributed by atoms with Crippen LogP contribution in [0.3, 0.4) is 0 Å². The van der Waals surface area contributed by atoms with E-state index in [9.17, 15) is 0 Å². The monoisotopic (exact) mass is 396 g/mol. The first kappa shape index (κ1) is 18.1. The Balaban J connectivity index is 1.52. The van der Waals surface area contributed by atoms with E-state index in [1.165, 1.54) is 0 Å². The molecule has 6 nitrogen and oxygen atoms in total. The zero-order valence-corrected chi connectivity index (χ0v) is 16.1. The third-order valence-corrected chi connectivity index (χ3v) is 4.40.